The van der Waals surface area contributed by atoms with Gasteiger partial charge in [-0.25, -0.2) is 0 Å². The molecule has 0 unspecified atom stereocenters. The van der Waals surface area contributed by atoms with Crippen LogP contribution in [0, 0.1) is 20.8 Å². The third-order valence-electron chi connectivity index (χ3n) is 12.5. The van der Waals surface area contributed by atoms with Crippen molar-refractivity contribution in [1.29, 1.82) is 0 Å². The zero-order chi connectivity index (χ0) is 54.9. The normalized spacial score (nSPS) is 9.54. The molecule has 0 nitrogen and oxygen atoms in total. The van der Waals surface area contributed by atoms with Crippen molar-refractivity contribution < 1.29 is 0 Å². The standard InChI is InChI=1S/C11H24.C10H22.C9H20.C8H10.C8H18.C7H8.C7H16.C6H6.C6H14/c1-3-5-7-9-11-10-8-6-4-2;1-3-5-7-9-10-8-6-4-2;1-3-5-7-9-8-6-4-2;1-7-5-3-4-6-8(7)2;1-3-5-7-8-6-4-2;1-7-5-3-2-4-6-7;1-3-5-7-6-4-2;1-2-4-6-5-3-1;1-3-5-6-4-2/h3-11H2,1-2H3;3-10H2,1-2H3;3-9H2,1-2H3;3-6H,1-2H3;3-8H2,1-2H3;2-6H,1H3;3-7H2,1-2H3;1-6H;3-6H2,1-2H3. The topological polar surface area (TPSA) is 0 Å². The van der Waals surface area contributed by atoms with Gasteiger partial charge in [0.2, 0.25) is 0 Å². The predicted molar refractivity (Wildman–Crippen MR) is 342 cm³/mol. The SMILES string of the molecule is CCCCCC.CCCCCCC.CCCCCCCC.CCCCCCCCC.CCCCCCCCCC.CCCCCCCCCCC.Cc1ccccc1.Cc1ccccc1C.c1ccccc1. The first kappa shape index (κ1) is 81.0. The number of benzene rings is 3. The van der Waals surface area contributed by atoms with Crippen molar-refractivity contribution in [2.75, 3.05) is 0 Å². The Labute approximate surface area is 459 Å². The maximum Gasteiger partial charge on any atom is -0.0395 e. The van der Waals surface area contributed by atoms with Crippen molar-refractivity contribution in [2.45, 2.75) is 354 Å². The van der Waals surface area contributed by atoms with Gasteiger partial charge in [-0.2, -0.15) is 0 Å². The van der Waals surface area contributed by atoms with Gasteiger partial charge in [0.1, 0.15) is 0 Å². The van der Waals surface area contributed by atoms with Crippen molar-refractivity contribution in [3.8, 4) is 0 Å². The van der Waals surface area contributed by atoms with E-state index in [1.54, 1.807) is 0 Å². The fourth-order valence-corrected chi connectivity index (χ4v) is 7.23. The van der Waals surface area contributed by atoms with E-state index >= 15 is 0 Å². The number of hydrogen-bond acceptors (Lipinski definition) is 0. The van der Waals surface area contributed by atoms with Crippen molar-refractivity contribution in [2.24, 2.45) is 0 Å². The van der Waals surface area contributed by atoms with Gasteiger partial charge < -0.3 is 0 Å². The second kappa shape index (κ2) is 85.4. The number of rotatable bonds is 33. The molecule has 0 spiro atoms. The smallest absolute Gasteiger partial charge is 0.0395 e. The lowest BCUT2D eigenvalue weighted by Gasteiger charge is -1.98. The second-order valence-electron chi connectivity index (χ2n) is 20.4. The quantitative estimate of drug-likeness (QED) is 0.0534. The molecule has 0 N–H and O–H groups in total. The van der Waals surface area contributed by atoms with Crippen LogP contribution in [-0.4, -0.2) is 0 Å². The van der Waals surface area contributed by atoms with Crippen LogP contribution in [0.15, 0.2) is 91.0 Å². The summed E-state index contributed by atoms with van der Waals surface area (Å²) in [5.41, 5.74) is 4.06. The molecule has 72 heavy (non-hydrogen) atoms. The largest absolute Gasteiger partial charge is 0.0654 e. The molecular weight excluding hydrogens is 865 g/mol. The van der Waals surface area contributed by atoms with Crippen molar-refractivity contribution >= 4 is 0 Å². The Kier molecular flexibility index (Phi) is 96.1. The van der Waals surface area contributed by atoms with E-state index in [9.17, 15) is 0 Å². The Bertz CT molecular complexity index is 1100. The minimum absolute atomic E-state index is 1.32. The van der Waals surface area contributed by atoms with E-state index in [0.29, 0.717) is 0 Å². The molecule has 0 aliphatic heterocycles. The van der Waals surface area contributed by atoms with Gasteiger partial charge in [0.15, 0.2) is 0 Å². The van der Waals surface area contributed by atoms with Gasteiger partial charge in [0.05, 0.1) is 0 Å². The molecule has 0 aromatic heterocycles. The lowest BCUT2D eigenvalue weighted by molar-refractivity contribution is 0.572. The monoisotopic (exact) mass is 1000 g/mol. The lowest BCUT2D eigenvalue weighted by atomic mass is 10.1. The average molecular weight is 1000 g/mol. The highest BCUT2D eigenvalue weighted by atomic mass is 14.0. The Balaban J connectivity index is -0.000000171. The van der Waals surface area contributed by atoms with Gasteiger partial charge in [-0.15, -0.1) is 0 Å². The van der Waals surface area contributed by atoms with Gasteiger partial charge >= 0.3 is 0 Å². The van der Waals surface area contributed by atoms with Crippen molar-refractivity contribution in [3.05, 3.63) is 108 Å². The molecule has 0 heteroatoms. The number of unbranched alkanes of at least 4 members (excludes halogenated alkanes) is 33. The van der Waals surface area contributed by atoms with Gasteiger partial charge in [-0.1, -0.05) is 430 Å². The Morgan fingerprint density at radius 2 is 0.292 bits per heavy atom. The molecule has 3 aromatic carbocycles. The molecule has 0 fully saturated rings. The van der Waals surface area contributed by atoms with Gasteiger partial charge in [-0.3, -0.25) is 0 Å². The molecule has 0 atom stereocenters. The van der Waals surface area contributed by atoms with E-state index in [-0.39, 0.29) is 0 Å². The zero-order valence-corrected chi connectivity index (χ0v) is 52.7. The lowest BCUT2D eigenvalue weighted by Crippen LogP contribution is -1.79. The molecule has 0 saturated heterocycles. The third-order valence-corrected chi connectivity index (χ3v) is 12.5. The van der Waals surface area contributed by atoms with Crippen LogP contribution in [0.3, 0.4) is 0 Å². The summed E-state index contributed by atoms with van der Waals surface area (Å²) in [4.78, 5) is 0. The van der Waals surface area contributed by atoms with Crippen LogP contribution in [0.2, 0.25) is 0 Å². The van der Waals surface area contributed by atoms with Crippen LogP contribution in [0.4, 0.5) is 0 Å². The first-order valence-electron chi connectivity index (χ1n) is 32.2. The first-order valence-corrected chi connectivity index (χ1v) is 32.2. The summed E-state index contributed by atoms with van der Waals surface area (Å²) in [6.45, 7) is 33.4. The molecule has 0 heterocycles. The minimum atomic E-state index is 1.32. The first-order chi connectivity index (χ1) is 35.2. The van der Waals surface area contributed by atoms with E-state index in [0.717, 1.165) is 0 Å². The van der Waals surface area contributed by atoms with E-state index in [1.165, 1.54) is 267 Å². The third kappa shape index (κ3) is 97.0. The molecule has 0 bridgehead atoms. The molecule has 426 valence electrons. The summed E-state index contributed by atoms with van der Waals surface area (Å²) in [5, 5.41) is 0. The highest BCUT2D eigenvalue weighted by Crippen LogP contribution is 2.10. The molecule has 0 saturated carbocycles. The summed E-state index contributed by atoms with van der Waals surface area (Å²) in [6, 6.07) is 30.6. The summed E-state index contributed by atoms with van der Waals surface area (Å²) in [6.07, 6.45) is 55.4. The van der Waals surface area contributed by atoms with Gasteiger partial charge in [0, 0.05) is 0 Å². The van der Waals surface area contributed by atoms with Crippen LogP contribution in [-0.2, 0) is 0 Å². The van der Waals surface area contributed by atoms with Gasteiger partial charge in [-0.05, 0) is 31.9 Å². The van der Waals surface area contributed by atoms with E-state index in [4.69, 9.17) is 0 Å². The Morgan fingerprint density at radius 3 is 0.431 bits per heavy atom. The maximum atomic E-state index is 2.27. The summed E-state index contributed by atoms with van der Waals surface area (Å²) in [7, 11) is 0. The van der Waals surface area contributed by atoms with Crippen LogP contribution in [0.1, 0.15) is 350 Å². The van der Waals surface area contributed by atoms with Gasteiger partial charge in [0.25, 0.3) is 0 Å². The summed E-state index contributed by atoms with van der Waals surface area (Å²) >= 11 is 0. The molecule has 0 amide bonds. The number of aryl methyl sites for hydroxylation is 3. The molecule has 3 aromatic rings. The van der Waals surface area contributed by atoms with E-state index in [1.807, 2.05) is 54.6 Å². The van der Waals surface area contributed by atoms with Crippen LogP contribution < -0.4 is 0 Å². The van der Waals surface area contributed by atoms with Crippen LogP contribution in [0.5, 0.6) is 0 Å². The van der Waals surface area contributed by atoms with E-state index < -0.39 is 0 Å². The average Bonchev–Trinajstić information content (AvgIpc) is 3.41. The minimum Gasteiger partial charge on any atom is -0.0654 e. The highest BCUT2D eigenvalue weighted by Gasteiger charge is 1.90. The summed E-state index contributed by atoms with van der Waals surface area (Å²) in [5.74, 6) is 0. The Morgan fingerprint density at radius 1 is 0.167 bits per heavy atom. The molecule has 0 aliphatic carbocycles. The van der Waals surface area contributed by atoms with Crippen LogP contribution in [0.25, 0.3) is 0 Å². The summed E-state index contributed by atoms with van der Waals surface area (Å²) < 4.78 is 0. The second-order valence-corrected chi connectivity index (χ2v) is 20.4. The fraction of sp³-hybridized carbons (Fsp3) is 0.750. The van der Waals surface area contributed by atoms with Crippen LogP contribution >= 0.6 is 0 Å². The molecule has 0 aliphatic rings. The van der Waals surface area contributed by atoms with Crippen molar-refractivity contribution in [3.63, 3.8) is 0 Å². The van der Waals surface area contributed by atoms with Crippen molar-refractivity contribution in [1.82, 2.24) is 0 Å². The highest BCUT2D eigenvalue weighted by molar-refractivity contribution is 5.23. The van der Waals surface area contributed by atoms with E-state index in [2.05, 4.69) is 140 Å². The Hall–Kier alpha value is -2.34. The fourth-order valence-electron chi connectivity index (χ4n) is 7.23. The zero-order valence-electron chi connectivity index (χ0n) is 52.7. The predicted octanol–water partition coefficient (Wildman–Crippen LogP) is 27.4. The number of hydrogen-bond donors (Lipinski definition) is 0. The molecule has 0 radical (unpaired) electrons. The maximum absolute atomic E-state index is 2.27. The molecule has 3 rings (SSSR count). The molecular formula is C72H138.